The molecular formula is C15H25N3O2S. The third-order valence-electron chi connectivity index (χ3n) is 3.25. The summed E-state index contributed by atoms with van der Waals surface area (Å²) in [5.41, 5.74) is 0.984. The molecule has 0 saturated carbocycles. The third-order valence-corrected chi connectivity index (χ3v) is 4.21. The van der Waals surface area contributed by atoms with E-state index in [2.05, 4.69) is 31.0 Å². The first-order valence-corrected chi connectivity index (χ1v) is 8.47. The highest BCUT2D eigenvalue weighted by atomic mass is 32.2. The second-order valence-electron chi connectivity index (χ2n) is 4.77. The quantitative estimate of drug-likeness (QED) is 0.404. The Morgan fingerprint density at radius 1 is 1.24 bits per heavy atom. The number of non-ortho nitro benzene ring substituents is 1. The lowest BCUT2D eigenvalue weighted by Gasteiger charge is -2.17. The maximum absolute atomic E-state index is 11.0. The van der Waals surface area contributed by atoms with Gasteiger partial charge in [-0.05, 0) is 25.6 Å². The maximum atomic E-state index is 11.0. The van der Waals surface area contributed by atoms with Crippen molar-refractivity contribution in [1.82, 2.24) is 4.90 Å². The van der Waals surface area contributed by atoms with Gasteiger partial charge in [-0.3, -0.25) is 10.1 Å². The topological polar surface area (TPSA) is 58.4 Å². The predicted molar refractivity (Wildman–Crippen MR) is 90.4 cm³/mol. The molecule has 0 spiro atoms. The fraction of sp³-hybridized carbons (Fsp3) is 0.600. The van der Waals surface area contributed by atoms with E-state index in [1.54, 1.807) is 23.9 Å². The summed E-state index contributed by atoms with van der Waals surface area (Å²) in [6.07, 6.45) is 0.993. The van der Waals surface area contributed by atoms with Crippen LogP contribution in [-0.2, 0) is 0 Å². The summed E-state index contributed by atoms with van der Waals surface area (Å²) in [7, 11) is 0. The van der Waals surface area contributed by atoms with Crippen LogP contribution in [0.25, 0.3) is 0 Å². The molecule has 0 unspecified atom stereocenters. The molecular weight excluding hydrogens is 286 g/mol. The van der Waals surface area contributed by atoms with E-state index >= 15 is 0 Å². The van der Waals surface area contributed by atoms with Crippen LogP contribution in [0.3, 0.4) is 0 Å². The molecule has 0 fully saturated rings. The summed E-state index contributed by atoms with van der Waals surface area (Å²) >= 11 is 1.67. The maximum Gasteiger partial charge on any atom is 0.272 e. The number of nitro groups is 1. The summed E-state index contributed by atoms with van der Waals surface area (Å²) in [5.74, 6) is 0.941. The van der Waals surface area contributed by atoms with Crippen LogP contribution in [0.1, 0.15) is 27.2 Å². The van der Waals surface area contributed by atoms with E-state index < -0.39 is 0 Å². The number of hydrogen-bond acceptors (Lipinski definition) is 5. The molecule has 0 saturated heterocycles. The largest absolute Gasteiger partial charge is 0.385 e. The Bertz CT molecular complexity index is 451. The van der Waals surface area contributed by atoms with Gasteiger partial charge in [0.25, 0.3) is 5.69 Å². The second-order valence-corrected chi connectivity index (χ2v) is 5.94. The third kappa shape index (κ3) is 6.35. The van der Waals surface area contributed by atoms with Gasteiger partial charge in [0.05, 0.1) is 4.92 Å². The molecule has 0 aliphatic heterocycles. The van der Waals surface area contributed by atoms with Gasteiger partial charge in [-0.2, -0.15) is 0 Å². The normalized spacial score (nSPS) is 10.9. The summed E-state index contributed by atoms with van der Waals surface area (Å²) in [5, 5.41) is 14.2. The first kappa shape index (κ1) is 17.8. The average Bonchev–Trinajstić information content (AvgIpc) is 2.49. The summed E-state index contributed by atoms with van der Waals surface area (Å²) < 4.78 is 0. The molecule has 5 nitrogen and oxygen atoms in total. The molecule has 0 radical (unpaired) electrons. The van der Waals surface area contributed by atoms with E-state index in [1.807, 2.05) is 6.07 Å². The van der Waals surface area contributed by atoms with Crippen molar-refractivity contribution in [1.29, 1.82) is 0 Å². The van der Waals surface area contributed by atoms with Crippen LogP contribution >= 0.6 is 11.8 Å². The minimum absolute atomic E-state index is 0.154. The highest BCUT2D eigenvalue weighted by Crippen LogP contribution is 2.28. The standard InChI is InChI=1S/C15H25N3O2S/c1-4-7-16-13-10-14(18(19)20)12-15(11-13)21-9-8-17(5-2)6-3/h10-12,16H,4-9H2,1-3H3. The zero-order chi connectivity index (χ0) is 15.7. The lowest BCUT2D eigenvalue weighted by atomic mass is 10.2. The number of thioether (sulfide) groups is 1. The van der Waals surface area contributed by atoms with Crippen LogP contribution in [0.4, 0.5) is 11.4 Å². The number of nitrogens with one attached hydrogen (secondary N) is 1. The van der Waals surface area contributed by atoms with Gasteiger partial charge in [0.1, 0.15) is 0 Å². The molecule has 118 valence electrons. The zero-order valence-corrected chi connectivity index (χ0v) is 13.9. The van der Waals surface area contributed by atoms with Gasteiger partial charge >= 0.3 is 0 Å². The van der Waals surface area contributed by atoms with Crippen LogP contribution in [0.15, 0.2) is 23.1 Å². The Balaban J connectivity index is 2.71. The SMILES string of the molecule is CCCNc1cc(SCCN(CC)CC)cc([N+](=O)[O-])c1. The Morgan fingerprint density at radius 3 is 2.52 bits per heavy atom. The van der Waals surface area contributed by atoms with Crippen LogP contribution in [0.5, 0.6) is 0 Å². The number of nitro benzene ring substituents is 1. The molecule has 0 aliphatic carbocycles. The lowest BCUT2D eigenvalue weighted by molar-refractivity contribution is -0.385. The van der Waals surface area contributed by atoms with Crippen LogP contribution < -0.4 is 5.32 Å². The Kier molecular flexibility index (Phi) is 8.15. The van der Waals surface area contributed by atoms with E-state index in [4.69, 9.17) is 0 Å². The minimum atomic E-state index is -0.328. The summed E-state index contributed by atoms with van der Waals surface area (Å²) in [6, 6.07) is 5.25. The molecule has 0 bridgehead atoms. The monoisotopic (exact) mass is 311 g/mol. The van der Waals surface area contributed by atoms with Crippen molar-refractivity contribution < 1.29 is 4.92 Å². The Labute approximate surface area is 131 Å². The molecule has 21 heavy (non-hydrogen) atoms. The van der Waals surface area contributed by atoms with Crippen LogP contribution in [-0.4, -0.2) is 41.8 Å². The molecule has 0 atom stereocenters. The zero-order valence-electron chi connectivity index (χ0n) is 13.1. The fourth-order valence-electron chi connectivity index (χ4n) is 1.98. The van der Waals surface area contributed by atoms with Gasteiger partial charge in [0, 0.05) is 41.6 Å². The predicted octanol–water partition coefficient (Wildman–Crippen LogP) is 3.85. The van der Waals surface area contributed by atoms with Gasteiger partial charge < -0.3 is 10.2 Å². The Hall–Kier alpha value is -1.27. The van der Waals surface area contributed by atoms with Crippen LogP contribution in [0, 0.1) is 10.1 Å². The van der Waals surface area contributed by atoms with Crippen molar-refractivity contribution in [2.45, 2.75) is 32.1 Å². The van der Waals surface area contributed by atoms with Crippen molar-refractivity contribution in [3.8, 4) is 0 Å². The van der Waals surface area contributed by atoms with Gasteiger partial charge in [0.2, 0.25) is 0 Å². The first-order chi connectivity index (χ1) is 10.1. The van der Waals surface area contributed by atoms with Gasteiger partial charge in [-0.25, -0.2) is 0 Å². The average molecular weight is 311 g/mol. The Morgan fingerprint density at radius 2 is 1.95 bits per heavy atom. The van der Waals surface area contributed by atoms with E-state index in [9.17, 15) is 10.1 Å². The highest BCUT2D eigenvalue weighted by Gasteiger charge is 2.10. The molecule has 0 amide bonds. The molecule has 1 rings (SSSR count). The first-order valence-electron chi connectivity index (χ1n) is 7.49. The van der Waals surface area contributed by atoms with Crippen molar-refractivity contribution in [2.75, 3.05) is 37.2 Å². The molecule has 6 heteroatoms. The number of benzene rings is 1. The lowest BCUT2D eigenvalue weighted by Crippen LogP contribution is -2.25. The second kappa shape index (κ2) is 9.63. The van der Waals surface area contributed by atoms with Crippen LogP contribution in [0.2, 0.25) is 0 Å². The molecule has 0 heterocycles. The van der Waals surface area contributed by atoms with Crippen molar-refractivity contribution in [3.63, 3.8) is 0 Å². The number of rotatable bonds is 10. The fourth-order valence-corrected chi connectivity index (χ4v) is 2.98. The van der Waals surface area contributed by atoms with E-state index in [0.717, 1.165) is 48.9 Å². The van der Waals surface area contributed by atoms with Gasteiger partial charge in [0.15, 0.2) is 0 Å². The molecule has 1 aromatic rings. The smallest absolute Gasteiger partial charge is 0.272 e. The molecule has 1 aromatic carbocycles. The molecule has 0 aliphatic rings. The van der Waals surface area contributed by atoms with E-state index in [0.29, 0.717) is 0 Å². The highest BCUT2D eigenvalue weighted by molar-refractivity contribution is 7.99. The number of nitrogens with zero attached hydrogens (tertiary/aromatic N) is 2. The molecule has 0 aromatic heterocycles. The number of hydrogen-bond donors (Lipinski definition) is 1. The van der Waals surface area contributed by atoms with Crippen molar-refractivity contribution in [2.24, 2.45) is 0 Å². The number of anilines is 1. The van der Waals surface area contributed by atoms with Crippen molar-refractivity contribution in [3.05, 3.63) is 28.3 Å². The summed E-state index contributed by atoms with van der Waals surface area (Å²) in [6.45, 7) is 10.3. The van der Waals surface area contributed by atoms with Crippen molar-refractivity contribution >= 4 is 23.1 Å². The summed E-state index contributed by atoms with van der Waals surface area (Å²) in [4.78, 5) is 14.0. The minimum Gasteiger partial charge on any atom is -0.385 e. The van der Waals surface area contributed by atoms with Gasteiger partial charge in [-0.15, -0.1) is 11.8 Å². The van der Waals surface area contributed by atoms with Gasteiger partial charge in [-0.1, -0.05) is 20.8 Å². The van der Waals surface area contributed by atoms with E-state index in [1.165, 1.54) is 0 Å². The molecule has 1 N–H and O–H groups in total. The van der Waals surface area contributed by atoms with E-state index in [-0.39, 0.29) is 10.6 Å².